The molecule has 0 aliphatic heterocycles. The molecule has 0 spiro atoms. The van der Waals surface area contributed by atoms with E-state index in [2.05, 4.69) is 5.32 Å². The van der Waals surface area contributed by atoms with Gasteiger partial charge in [-0.15, -0.1) is 0 Å². The van der Waals surface area contributed by atoms with Crippen molar-refractivity contribution < 1.29 is 23.7 Å². The van der Waals surface area contributed by atoms with Crippen LogP contribution in [0.2, 0.25) is 0 Å². The summed E-state index contributed by atoms with van der Waals surface area (Å²) in [7, 11) is -4.77. The van der Waals surface area contributed by atoms with Gasteiger partial charge in [0.2, 0.25) is 0 Å². The molecule has 3 aromatic rings. The van der Waals surface area contributed by atoms with Crippen LogP contribution in [0.5, 0.6) is 5.75 Å². The zero-order chi connectivity index (χ0) is 21.0. The molecule has 9 heteroatoms. The summed E-state index contributed by atoms with van der Waals surface area (Å²) in [6, 6.07) is 19.4. The van der Waals surface area contributed by atoms with Crippen LogP contribution in [-0.2, 0) is 4.57 Å². The second-order valence-corrected chi connectivity index (χ2v) is 7.23. The summed E-state index contributed by atoms with van der Waals surface area (Å²) in [5, 5.41) is 10.2. The number of phosphoric acid groups is 1. The zero-order valence-corrected chi connectivity index (χ0v) is 16.0. The Morgan fingerprint density at radius 1 is 0.931 bits per heavy atom. The minimum absolute atomic E-state index is 0.0353. The van der Waals surface area contributed by atoms with Gasteiger partial charge in [0.1, 0.15) is 11.6 Å². The Kier molecular flexibility index (Phi) is 5.79. The summed E-state index contributed by atoms with van der Waals surface area (Å²) in [5.41, 5.74) is 7.59. The molecule has 0 radical (unpaired) electrons. The Bertz CT molecular complexity index is 1110. The summed E-state index contributed by atoms with van der Waals surface area (Å²) in [4.78, 5) is 31.2. The van der Waals surface area contributed by atoms with Crippen LogP contribution in [0.25, 0.3) is 11.1 Å². The second-order valence-electron chi connectivity index (χ2n) is 6.07. The molecule has 29 heavy (non-hydrogen) atoms. The van der Waals surface area contributed by atoms with Crippen molar-refractivity contribution in [3.63, 3.8) is 0 Å². The lowest BCUT2D eigenvalue weighted by atomic mass is 9.98. The van der Waals surface area contributed by atoms with Crippen LogP contribution in [0.1, 0.15) is 15.9 Å². The highest BCUT2D eigenvalue weighted by Crippen LogP contribution is 2.42. The highest BCUT2D eigenvalue weighted by atomic mass is 31.2. The molecule has 0 heterocycles. The van der Waals surface area contributed by atoms with E-state index in [1.807, 2.05) is 0 Å². The van der Waals surface area contributed by atoms with Gasteiger partial charge in [0, 0.05) is 22.4 Å². The highest BCUT2D eigenvalue weighted by molar-refractivity contribution is 7.46. The molecule has 0 saturated carbocycles. The van der Waals surface area contributed by atoms with Gasteiger partial charge in [-0.05, 0) is 42.0 Å². The summed E-state index contributed by atoms with van der Waals surface area (Å²) in [6.45, 7) is 0. The molecule has 0 aliphatic carbocycles. The van der Waals surface area contributed by atoms with Gasteiger partial charge in [-0.1, -0.05) is 36.4 Å². The summed E-state index contributed by atoms with van der Waals surface area (Å²) < 4.78 is 16.1. The van der Waals surface area contributed by atoms with E-state index in [4.69, 9.17) is 25.5 Å². The third-order valence-corrected chi connectivity index (χ3v) is 4.45. The van der Waals surface area contributed by atoms with Crippen molar-refractivity contribution in [3.05, 3.63) is 83.9 Å². The lowest BCUT2D eigenvalue weighted by Crippen LogP contribution is -2.14. The fourth-order valence-corrected chi connectivity index (χ4v) is 3.16. The number of para-hydroxylation sites is 1. The average Bonchev–Trinajstić information content (AvgIpc) is 2.67. The molecule has 0 bridgehead atoms. The van der Waals surface area contributed by atoms with Gasteiger partial charge in [0.15, 0.2) is 0 Å². The van der Waals surface area contributed by atoms with Crippen LogP contribution in [0.3, 0.4) is 0 Å². The SMILES string of the molecule is N=C(N)c1ccc(NC(=O)c2ccccc2-c2ccccc2OP(=O)(O)O)cc1. The number of amides is 1. The number of hydrogen-bond acceptors (Lipinski definition) is 4. The molecule has 6 N–H and O–H groups in total. The fraction of sp³-hybridized carbons (Fsp3) is 0. The van der Waals surface area contributed by atoms with Crippen molar-refractivity contribution in [2.75, 3.05) is 5.32 Å². The first-order valence-corrected chi connectivity index (χ1v) is 9.97. The lowest BCUT2D eigenvalue weighted by Gasteiger charge is -2.15. The summed E-state index contributed by atoms with van der Waals surface area (Å²) >= 11 is 0. The smallest absolute Gasteiger partial charge is 0.404 e. The quantitative estimate of drug-likeness (QED) is 0.239. The third kappa shape index (κ3) is 5.08. The van der Waals surface area contributed by atoms with Crippen molar-refractivity contribution in [1.82, 2.24) is 0 Å². The first-order chi connectivity index (χ1) is 13.7. The number of rotatable bonds is 6. The minimum atomic E-state index is -4.77. The van der Waals surface area contributed by atoms with Crippen molar-refractivity contribution in [2.24, 2.45) is 5.73 Å². The number of carbonyl (C=O) groups excluding carboxylic acids is 1. The Morgan fingerprint density at radius 3 is 2.14 bits per heavy atom. The fourth-order valence-electron chi connectivity index (χ4n) is 2.74. The van der Waals surface area contributed by atoms with Gasteiger partial charge in [-0.25, -0.2) is 4.57 Å². The highest BCUT2D eigenvalue weighted by Gasteiger charge is 2.21. The van der Waals surface area contributed by atoms with E-state index in [1.165, 1.54) is 6.07 Å². The molecule has 3 aromatic carbocycles. The van der Waals surface area contributed by atoms with E-state index in [1.54, 1.807) is 66.7 Å². The number of benzene rings is 3. The third-order valence-electron chi connectivity index (χ3n) is 4.02. The maximum absolute atomic E-state index is 12.9. The molecular formula is C20H18N3O5P. The van der Waals surface area contributed by atoms with E-state index < -0.39 is 13.7 Å². The van der Waals surface area contributed by atoms with Crippen LogP contribution in [-0.4, -0.2) is 21.5 Å². The van der Waals surface area contributed by atoms with E-state index in [0.717, 1.165) is 0 Å². The number of nitrogens with two attached hydrogens (primary N) is 1. The van der Waals surface area contributed by atoms with Gasteiger partial charge in [-0.3, -0.25) is 20.0 Å². The maximum Gasteiger partial charge on any atom is 0.524 e. The van der Waals surface area contributed by atoms with E-state index in [0.29, 0.717) is 27.9 Å². The molecule has 0 atom stereocenters. The number of phosphoric ester groups is 1. The zero-order valence-electron chi connectivity index (χ0n) is 15.1. The topological polar surface area (TPSA) is 146 Å². The molecule has 0 aromatic heterocycles. The maximum atomic E-state index is 12.9. The first-order valence-electron chi connectivity index (χ1n) is 8.44. The number of amidine groups is 1. The number of hydrogen-bond donors (Lipinski definition) is 5. The van der Waals surface area contributed by atoms with Gasteiger partial charge in [-0.2, -0.15) is 0 Å². The summed E-state index contributed by atoms with van der Waals surface area (Å²) in [5.74, 6) is -0.524. The number of nitrogen functional groups attached to an aromatic ring is 1. The Labute approximate surface area is 166 Å². The molecule has 3 rings (SSSR count). The predicted octanol–water partition coefficient (Wildman–Crippen LogP) is 3.36. The molecule has 0 fully saturated rings. The van der Waals surface area contributed by atoms with E-state index in [9.17, 15) is 9.36 Å². The van der Waals surface area contributed by atoms with Gasteiger partial charge < -0.3 is 15.6 Å². The molecule has 1 amide bonds. The second kappa shape index (κ2) is 8.28. The van der Waals surface area contributed by atoms with Crippen LogP contribution < -0.4 is 15.6 Å². The lowest BCUT2D eigenvalue weighted by molar-refractivity contribution is 0.102. The van der Waals surface area contributed by atoms with Gasteiger partial charge >= 0.3 is 7.82 Å². The Hall–Kier alpha value is -3.45. The molecule has 148 valence electrons. The molecule has 0 aliphatic rings. The Balaban J connectivity index is 1.95. The van der Waals surface area contributed by atoms with E-state index in [-0.39, 0.29) is 11.6 Å². The van der Waals surface area contributed by atoms with Crippen LogP contribution in [0, 0.1) is 5.41 Å². The molecular weight excluding hydrogens is 393 g/mol. The van der Waals surface area contributed by atoms with Gasteiger partial charge in [0.25, 0.3) is 5.91 Å². The van der Waals surface area contributed by atoms with E-state index >= 15 is 0 Å². The monoisotopic (exact) mass is 411 g/mol. The molecule has 8 nitrogen and oxygen atoms in total. The first kappa shape index (κ1) is 20.3. The van der Waals surface area contributed by atoms with Crippen molar-refractivity contribution in [1.29, 1.82) is 5.41 Å². The van der Waals surface area contributed by atoms with Crippen LogP contribution >= 0.6 is 7.82 Å². The number of nitrogens with one attached hydrogen (secondary N) is 2. The molecule has 0 unspecified atom stereocenters. The van der Waals surface area contributed by atoms with Crippen molar-refractivity contribution in [3.8, 4) is 16.9 Å². The summed E-state index contributed by atoms with van der Waals surface area (Å²) in [6.07, 6.45) is 0. The normalized spacial score (nSPS) is 11.0. The molecule has 0 saturated heterocycles. The number of carbonyl (C=O) groups is 1. The van der Waals surface area contributed by atoms with Crippen molar-refractivity contribution >= 4 is 25.3 Å². The van der Waals surface area contributed by atoms with Crippen molar-refractivity contribution in [2.45, 2.75) is 0 Å². The predicted molar refractivity (Wildman–Crippen MR) is 110 cm³/mol. The largest absolute Gasteiger partial charge is 0.524 e. The van der Waals surface area contributed by atoms with Crippen LogP contribution in [0.15, 0.2) is 72.8 Å². The van der Waals surface area contributed by atoms with Crippen LogP contribution in [0.4, 0.5) is 5.69 Å². The Morgan fingerprint density at radius 2 is 1.52 bits per heavy atom. The number of anilines is 1. The average molecular weight is 411 g/mol. The minimum Gasteiger partial charge on any atom is -0.404 e. The van der Waals surface area contributed by atoms with Gasteiger partial charge in [0.05, 0.1) is 0 Å². The standard InChI is InChI=1S/C20H18N3O5P/c21-19(22)13-9-11-14(12-10-13)23-20(24)17-7-2-1-5-15(17)16-6-3-4-8-18(16)28-29(25,26)27/h1-12H,(H3,21,22)(H,23,24)(H2,25,26,27).